The molecule has 0 atom stereocenters. The lowest BCUT2D eigenvalue weighted by molar-refractivity contribution is -0.137. The number of methoxy groups -OCH3 is 1. The average Bonchev–Trinajstić information content (AvgIpc) is 2.44. The van der Waals surface area contributed by atoms with E-state index in [2.05, 4.69) is 10.3 Å². The third kappa shape index (κ3) is 4.11. The van der Waals surface area contributed by atoms with Crippen LogP contribution in [0.5, 0.6) is 5.75 Å². The van der Waals surface area contributed by atoms with Crippen molar-refractivity contribution < 1.29 is 17.9 Å². The molecule has 0 unspecified atom stereocenters. The zero-order chi connectivity index (χ0) is 15.5. The van der Waals surface area contributed by atoms with Gasteiger partial charge in [0.2, 0.25) is 0 Å². The summed E-state index contributed by atoms with van der Waals surface area (Å²) in [6.07, 6.45) is -4.32. The first-order chi connectivity index (χ1) is 9.88. The van der Waals surface area contributed by atoms with E-state index >= 15 is 0 Å². The van der Waals surface area contributed by atoms with Crippen molar-refractivity contribution in [2.75, 3.05) is 12.4 Å². The van der Waals surface area contributed by atoms with E-state index in [1.807, 2.05) is 13.0 Å². The number of anilines is 1. The number of nitrogens with one attached hydrogen (secondary N) is 1. The fourth-order valence-electron chi connectivity index (χ4n) is 1.88. The molecular formula is C15H15F3N2O. The third-order valence-corrected chi connectivity index (χ3v) is 2.90. The van der Waals surface area contributed by atoms with Crippen molar-refractivity contribution in [3.63, 3.8) is 0 Å². The zero-order valence-electron chi connectivity index (χ0n) is 11.7. The van der Waals surface area contributed by atoms with Crippen LogP contribution in [0, 0.1) is 6.92 Å². The molecule has 1 heterocycles. The smallest absolute Gasteiger partial charge is 0.416 e. The maximum atomic E-state index is 12.5. The maximum absolute atomic E-state index is 12.5. The first-order valence-corrected chi connectivity index (χ1v) is 6.31. The SMILES string of the molecule is COc1cc(C)nc(CNc2ccc(C(F)(F)F)cc2)c1. The maximum Gasteiger partial charge on any atom is 0.416 e. The van der Waals surface area contributed by atoms with Gasteiger partial charge in [-0.1, -0.05) is 0 Å². The van der Waals surface area contributed by atoms with Gasteiger partial charge in [-0.25, -0.2) is 0 Å². The third-order valence-electron chi connectivity index (χ3n) is 2.90. The summed E-state index contributed by atoms with van der Waals surface area (Å²) < 4.78 is 42.5. The van der Waals surface area contributed by atoms with Crippen LogP contribution in [0.3, 0.4) is 0 Å². The monoisotopic (exact) mass is 296 g/mol. The van der Waals surface area contributed by atoms with E-state index in [9.17, 15) is 13.2 Å². The van der Waals surface area contributed by atoms with E-state index in [4.69, 9.17) is 4.74 Å². The minimum Gasteiger partial charge on any atom is -0.497 e. The molecule has 1 N–H and O–H groups in total. The number of alkyl halides is 3. The van der Waals surface area contributed by atoms with Crippen molar-refractivity contribution >= 4 is 5.69 Å². The Hall–Kier alpha value is -2.24. The van der Waals surface area contributed by atoms with Crippen molar-refractivity contribution in [1.29, 1.82) is 0 Å². The van der Waals surface area contributed by atoms with E-state index in [0.717, 1.165) is 23.5 Å². The lowest BCUT2D eigenvalue weighted by Crippen LogP contribution is -2.06. The predicted molar refractivity (Wildman–Crippen MR) is 74.3 cm³/mol. The molecule has 0 aliphatic rings. The molecule has 0 amide bonds. The average molecular weight is 296 g/mol. The molecule has 0 bridgehead atoms. The van der Waals surface area contributed by atoms with Gasteiger partial charge in [0, 0.05) is 23.5 Å². The topological polar surface area (TPSA) is 34.1 Å². The largest absolute Gasteiger partial charge is 0.497 e. The van der Waals surface area contributed by atoms with E-state index in [1.54, 1.807) is 13.2 Å². The Morgan fingerprint density at radius 2 is 1.81 bits per heavy atom. The van der Waals surface area contributed by atoms with Crippen LogP contribution < -0.4 is 10.1 Å². The number of halogens is 3. The molecule has 0 saturated heterocycles. The van der Waals surface area contributed by atoms with Gasteiger partial charge >= 0.3 is 6.18 Å². The summed E-state index contributed by atoms with van der Waals surface area (Å²) >= 11 is 0. The number of aryl methyl sites for hydroxylation is 1. The number of benzene rings is 1. The first-order valence-electron chi connectivity index (χ1n) is 6.31. The van der Waals surface area contributed by atoms with Crippen LogP contribution >= 0.6 is 0 Å². The van der Waals surface area contributed by atoms with Gasteiger partial charge in [0.1, 0.15) is 5.75 Å². The summed E-state index contributed by atoms with van der Waals surface area (Å²) in [5.41, 5.74) is 1.51. The van der Waals surface area contributed by atoms with Gasteiger partial charge in [-0.05, 0) is 31.2 Å². The molecule has 0 aliphatic heterocycles. The number of pyridine rings is 1. The molecule has 1 aromatic carbocycles. The number of hydrogen-bond acceptors (Lipinski definition) is 3. The molecule has 3 nitrogen and oxygen atoms in total. The second-order valence-corrected chi connectivity index (χ2v) is 4.57. The second kappa shape index (κ2) is 6.03. The Labute approximate surface area is 120 Å². The summed E-state index contributed by atoms with van der Waals surface area (Å²) in [4.78, 5) is 4.33. The van der Waals surface area contributed by atoms with Crippen LogP contribution in [0.2, 0.25) is 0 Å². The Balaban J connectivity index is 2.05. The lowest BCUT2D eigenvalue weighted by atomic mass is 10.2. The minimum absolute atomic E-state index is 0.406. The number of hydrogen-bond donors (Lipinski definition) is 1. The number of nitrogens with zero attached hydrogens (tertiary/aromatic N) is 1. The Kier molecular flexibility index (Phi) is 4.35. The molecule has 21 heavy (non-hydrogen) atoms. The molecule has 0 fully saturated rings. The zero-order valence-corrected chi connectivity index (χ0v) is 11.7. The first kappa shape index (κ1) is 15.2. The minimum atomic E-state index is -4.32. The van der Waals surface area contributed by atoms with Crippen molar-refractivity contribution in [2.24, 2.45) is 0 Å². The summed E-state index contributed by atoms with van der Waals surface area (Å²) in [7, 11) is 1.57. The van der Waals surface area contributed by atoms with Crippen LogP contribution in [0.1, 0.15) is 17.0 Å². The van der Waals surface area contributed by atoms with Gasteiger partial charge in [0.25, 0.3) is 0 Å². The van der Waals surface area contributed by atoms with E-state index in [1.165, 1.54) is 12.1 Å². The fourth-order valence-corrected chi connectivity index (χ4v) is 1.88. The molecule has 1 aromatic heterocycles. The molecular weight excluding hydrogens is 281 g/mol. The highest BCUT2D eigenvalue weighted by Crippen LogP contribution is 2.29. The summed E-state index contributed by atoms with van der Waals surface area (Å²) in [6.45, 7) is 2.26. The molecule has 0 radical (unpaired) electrons. The van der Waals surface area contributed by atoms with Crippen LogP contribution in [0.15, 0.2) is 36.4 Å². The quantitative estimate of drug-likeness (QED) is 0.925. The van der Waals surface area contributed by atoms with Crippen molar-refractivity contribution in [2.45, 2.75) is 19.6 Å². The van der Waals surface area contributed by atoms with E-state index < -0.39 is 11.7 Å². The number of ether oxygens (including phenoxy) is 1. The summed E-state index contributed by atoms with van der Waals surface area (Å²) in [5, 5.41) is 3.03. The molecule has 2 rings (SSSR count). The Morgan fingerprint density at radius 3 is 2.38 bits per heavy atom. The lowest BCUT2D eigenvalue weighted by Gasteiger charge is -2.10. The van der Waals surface area contributed by atoms with Gasteiger partial charge in [0.15, 0.2) is 0 Å². The van der Waals surface area contributed by atoms with Crippen LogP contribution in [0.25, 0.3) is 0 Å². The van der Waals surface area contributed by atoms with Gasteiger partial charge in [-0.3, -0.25) is 4.98 Å². The highest BCUT2D eigenvalue weighted by molar-refractivity contribution is 5.45. The van der Waals surface area contributed by atoms with Gasteiger partial charge < -0.3 is 10.1 Å². The van der Waals surface area contributed by atoms with Crippen LogP contribution in [-0.4, -0.2) is 12.1 Å². The summed E-state index contributed by atoms with van der Waals surface area (Å²) in [5.74, 6) is 0.701. The second-order valence-electron chi connectivity index (χ2n) is 4.57. The van der Waals surface area contributed by atoms with E-state index in [0.29, 0.717) is 18.0 Å². The standard InChI is InChI=1S/C15H15F3N2O/c1-10-7-14(21-2)8-13(20-10)9-19-12-5-3-11(4-6-12)15(16,17)18/h3-8,19H,9H2,1-2H3. The number of rotatable bonds is 4. The molecule has 0 aliphatic carbocycles. The Morgan fingerprint density at radius 1 is 1.14 bits per heavy atom. The van der Waals surface area contributed by atoms with Crippen LogP contribution in [0.4, 0.5) is 18.9 Å². The van der Waals surface area contributed by atoms with E-state index in [-0.39, 0.29) is 0 Å². The molecule has 0 saturated carbocycles. The van der Waals surface area contributed by atoms with Gasteiger partial charge in [-0.2, -0.15) is 13.2 Å². The highest BCUT2D eigenvalue weighted by Gasteiger charge is 2.29. The summed E-state index contributed by atoms with van der Waals surface area (Å²) in [6, 6.07) is 8.48. The molecule has 2 aromatic rings. The normalized spacial score (nSPS) is 11.3. The van der Waals surface area contributed by atoms with Gasteiger partial charge in [-0.15, -0.1) is 0 Å². The van der Waals surface area contributed by atoms with Crippen molar-refractivity contribution in [3.05, 3.63) is 53.3 Å². The highest BCUT2D eigenvalue weighted by atomic mass is 19.4. The number of aromatic nitrogens is 1. The predicted octanol–water partition coefficient (Wildman–Crippen LogP) is 4.03. The van der Waals surface area contributed by atoms with Crippen LogP contribution in [-0.2, 0) is 12.7 Å². The van der Waals surface area contributed by atoms with Crippen molar-refractivity contribution in [1.82, 2.24) is 4.98 Å². The Bertz CT molecular complexity index is 609. The molecule has 0 spiro atoms. The fraction of sp³-hybridized carbons (Fsp3) is 0.267. The van der Waals surface area contributed by atoms with Gasteiger partial charge in [0.05, 0.1) is 24.9 Å². The van der Waals surface area contributed by atoms with Crippen molar-refractivity contribution in [3.8, 4) is 5.75 Å². The molecule has 6 heteroatoms. The molecule has 112 valence electrons.